The molecule has 0 spiro atoms. The number of rotatable bonds is 2. The maximum atomic E-state index is 6.03. The molecule has 0 amide bonds. The maximum Gasteiger partial charge on any atom is 0.0984 e. The van der Waals surface area contributed by atoms with Gasteiger partial charge >= 0.3 is 0 Å². The van der Waals surface area contributed by atoms with Crippen molar-refractivity contribution in [2.75, 3.05) is 13.1 Å². The van der Waals surface area contributed by atoms with Crippen LogP contribution in [0.2, 0.25) is 0 Å². The normalized spacial score (nSPS) is 33.1. The first-order valence-corrected chi connectivity index (χ1v) is 5.32. The van der Waals surface area contributed by atoms with Crippen LogP contribution in [0, 0.1) is 5.92 Å². The minimum Gasteiger partial charge on any atom is -0.472 e. The van der Waals surface area contributed by atoms with E-state index in [-0.39, 0.29) is 6.10 Å². The average Bonchev–Trinajstić information content (AvgIpc) is 2.94. The van der Waals surface area contributed by atoms with Crippen molar-refractivity contribution in [2.24, 2.45) is 5.92 Å². The van der Waals surface area contributed by atoms with Gasteiger partial charge in [-0.1, -0.05) is 0 Å². The summed E-state index contributed by atoms with van der Waals surface area (Å²) in [6, 6.07) is 1.99. The van der Waals surface area contributed by atoms with Crippen LogP contribution in [0.1, 0.15) is 24.5 Å². The molecular weight excluding hydrogens is 178 g/mol. The summed E-state index contributed by atoms with van der Waals surface area (Å²) in [5, 5.41) is 3.43. The summed E-state index contributed by atoms with van der Waals surface area (Å²) in [6.45, 7) is 1.92. The maximum absolute atomic E-state index is 6.03. The van der Waals surface area contributed by atoms with E-state index in [9.17, 15) is 0 Å². The van der Waals surface area contributed by atoms with Crippen LogP contribution in [-0.2, 0) is 4.74 Å². The summed E-state index contributed by atoms with van der Waals surface area (Å²) in [7, 11) is 0. The van der Waals surface area contributed by atoms with Crippen LogP contribution < -0.4 is 5.32 Å². The zero-order valence-corrected chi connectivity index (χ0v) is 8.11. The quantitative estimate of drug-likeness (QED) is 0.776. The van der Waals surface area contributed by atoms with Crippen LogP contribution in [0.3, 0.4) is 0 Å². The van der Waals surface area contributed by atoms with Crippen molar-refractivity contribution in [3.63, 3.8) is 0 Å². The van der Waals surface area contributed by atoms with Gasteiger partial charge in [0.05, 0.1) is 24.7 Å². The molecule has 2 atom stereocenters. The lowest BCUT2D eigenvalue weighted by Gasteiger charge is -2.30. The molecule has 1 aliphatic heterocycles. The van der Waals surface area contributed by atoms with Crippen molar-refractivity contribution in [2.45, 2.75) is 25.0 Å². The molecule has 76 valence electrons. The predicted octanol–water partition coefficient (Wildman–Crippen LogP) is 1.72. The van der Waals surface area contributed by atoms with Crippen molar-refractivity contribution in [3.8, 4) is 0 Å². The van der Waals surface area contributed by atoms with Crippen molar-refractivity contribution in [1.82, 2.24) is 5.32 Å². The van der Waals surface area contributed by atoms with E-state index in [1.807, 2.05) is 6.07 Å². The lowest BCUT2D eigenvalue weighted by atomic mass is 10.1. The predicted molar refractivity (Wildman–Crippen MR) is 51.9 cm³/mol. The smallest absolute Gasteiger partial charge is 0.0984 e. The van der Waals surface area contributed by atoms with E-state index in [1.165, 1.54) is 12.8 Å². The molecule has 2 fully saturated rings. The lowest BCUT2D eigenvalue weighted by Crippen LogP contribution is -2.41. The molecule has 14 heavy (non-hydrogen) atoms. The Morgan fingerprint density at radius 3 is 2.93 bits per heavy atom. The van der Waals surface area contributed by atoms with E-state index in [2.05, 4.69) is 5.32 Å². The van der Waals surface area contributed by atoms with Crippen LogP contribution in [0.15, 0.2) is 23.0 Å². The Morgan fingerprint density at radius 1 is 1.29 bits per heavy atom. The molecule has 1 aromatic heterocycles. The molecule has 2 unspecified atom stereocenters. The van der Waals surface area contributed by atoms with Crippen molar-refractivity contribution in [1.29, 1.82) is 0 Å². The molecule has 1 N–H and O–H groups in total. The highest BCUT2D eigenvalue weighted by atomic mass is 16.5. The van der Waals surface area contributed by atoms with Gasteiger partial charge in [0, 0.05) is 18.7 Å². The third-order valence-electron chi connectivity index (χ3n) is 3.08. The number of ether oxygens (including phenoxy) is 1. The summed E-state index contributed by atoms with van der Waals surface area (Å²) in [4.78, 5) is 0. The second-order valence-corrected chi connectivity index (χ2v) is 4.22. The standard InChI is InChI=1S/C11H15NO2/c1-2-8(1)10-5-12-6-11(14-10)9-3-4-13-7-9/h3-4,7-8,10-12H,1-2,5-6H2. The molecule has 3 rings (SSSR count). The number of hydrogen-bond acceptors (Lipinski definition) is 3. The van der Waals surface area contributed by atoms with Crippen molar-refractivity contribution in [3.05, 3.63) is 24.2 Å². The zero-order chi connectivity index (χ0) is 9.38. The van der Waals surface area contributed by atoms with Gasteiger partial charge in [-0.3, -0.25) is 0 Å². The molecule has 3 heteroatoms. The van der Waals surface area contributed by atoms with Crippen LogP contribution >= 0.6 is 0 Å². The molecule has 2 aliphatic rings. The van der Waals surface area contributed by atoms with Crippen LogP contribution in [-0.4, -0.2) is 19.2 Å². The first-order valence-electron chi connectivity index (χ1n) is 5.32. The SMILES string of the molecule is c1cc(C2CNCC(C3CC3)O2)co1. The van der Waals surface area contributed by atoms with Gasteiger partial charge in [0.25, 0.3) is 0 Å². The van der Waals surface area contributed by atoms with E-state index >= 15 is 0 Å². The number of morpholine rings is 1. The molecule has 0 bridgehead atoms. The fourth-order valence-electron chi connectivity index (χ4n) is 2.06. The molecule has 1 saturated heterocycles. The second kappa shape index (κ2) is 3.41. The molecule has 1 aliphatic carbocycles. The fourth-order valence-corrected chi connectivity index (χ4v) is 2.06. The van der Waals surface area contributed by atoms with Crippen LogP contribution in [0.5, 0.6) is 0 Å². The number of hydrogen-bond donors (Lipinski definition) is 1. The Kier molecular flexibility index (Phi) is 2.07. The van der Waals surface area contributed by atoms with Crippen molar-refractivity contribution < 1.29 is 9.15 Å². The van der Waals surface area contributed by atoms with Gasteiger partial charge in [-0.25, -0.2) is 0 Å². The molecule has 2 heterocycles. The van der Waals surface area contributed by atoms with E-state index < -0.39 is 0 Å². The van der Waals surface area contributed by atoms with Gasteiger partial charge in [0.2, 0.25) is 0 Å². The van der Waals surface area contributed by atoms with Crippen LogP contribution in [0.25, 0.3) is 0 Å². The largest absolute Gasteiger partial charge is 0.472 e. The number of nitrogens with one attached hydrogen (secondary N) is 1. The first-order chi connectivity index (χ1) is 6.93. The summed E-state index contributed by atoms with van der Waals surface area (Å²) >= 11 is 0. The van der Waals surface area contributed by atoms with E-state index in [1.54, 1.807) is 12.5 Å². The monoisotopic (exact) mass is 193 g/mol. The molecule has 1 saturated carbocycles. The third-order valence-corrected chi connectivity index (χ3v) is 3.08. The van der Waals surface area contributed by atoms with E-state index in [0.717, 1.165) is 24.6 Å². The van der Waals surface area contributed by atoms with Gasteiger partial charge < -0.3 is 14.5 Å². The van der Waals surface area contributed by atoms with Gasteiger partial charge in [0.15, 0.2) is 0 Å². The van der Waals surface area contributed by atoms with Gasteiger partial charge in [-0.15, -0.1) is 0 Å². The Morgan fingerprint density at radius 2 is 2.21 bits per heavy atom. The minimum atomic E-state index is 0.188. The van der Waals surface area contributed by atoms with E-state index in [0.29, 0.717) is 6.10 Å². The Balaban J connectivity index is 1.69. The summed E-state index contributed by atoms with van der Waals surface area (Å²) in [5.41, 5.74) is 1.16. The minimum absolute atomic E-state index is 0.188. The molecule has 0 radical (unpaired) electrons. The Hall–Kier alpha value is -0.800. The highest BCUT2D eigenvalue weighted by Gasteiger charge is 2.36. The fraction of sp³-hybridized carbons (Fsp3) is 0.636. The van der Waals surface area contributed by atoms with E-state index in [4.69, 9.17) is 9.15 Å². The van der Waals surface area contributed by atoms with Gasteiger partial charge in [-0.2, -0.15) is 0 Å². The van der Waals surface area contributed by atoms with Crippen LogP contribution in [0.4, 0.5) is 0 Å². The first kappa shape index (κ1) is 8.50. The Labute approximate surface area is 83.4 Å². The third kappa shape index (κ3) is 1.57. The topological polar surface area (TPSA) is 34.4 Å². The Bertz CT molecular complexity index is 292. The van der Waals surface area contributed by atoms with Crippen molar-refractivity contribution >= 4 is 0 Å². The summed E-state index contributed by atoms with van der Waals surface area (Å²) < 4.78 is 11.1. The second-order valence-electron chi connectivity index (χ2n) is 4.22. The molecule has 3 nitrogen and oxygen atoms in total. The summed E-state index contributed by atoms with van der Waals surface area (Å²) in [5.74, 6) is 0.803. The van der Waals surface area contributed by atoms with Gasteiger partial charge in [0.1, 0.15) is 0 Å². The van der Waals surface area contributed by atoms with Gasteiger partial charge in [-0.05, 0) is 24.8 Å². The summed E-state index contributed by atoms with van der Waals surface area (Å²) in [6.07, 6.45) is 6.77. The highest BCUT2D eigenvalue weighted by molar-refractivity contribution is 5.11. The molecular formula is C11H15NO2. The molecule has 0 aromatic carbocycles. The average molecular weight is 193 g/mol. The zero-order valence-electron chi connectivity index (χ0n) is 8.11. The number of furan rings is 1. The highest BCUT2D eigenvalue weighted by Crippen LogP contribution is 2.37. The molecule has 1 aromatic rings. The lowest BCUT2D eigenvalue weighted by molar-refractivity contribution is -0.0495.